The van der Waals surface area contributed by atoms with E-state index in [0.29, 0.717) is 5.13 Å². The predicted octanol–water partition coefficient (Wildman–Crippen LogP) is 1.66. The summed E-state index contributed by atoms with van der Waals surface area (Å²) in [6.07, 6.45) is 0.827. The highest BCUT2D eigenvalue weighted by Gasteiger charge is 2.19. The number of rotatable bonds is 6. The van der Waals surface area contributed by atoms with Gasteiger partial charge in [0.25, 0.3) is 5.91 Å². The molecular formula is C14H22N6OS. The van der Waals surface area contributed by atoms with Gasteiger partial charge in [0.15, 0.2) is 0 Å². The van der Waals surface area contributed by atoms with Gasteiger partial charge in [-0.25, -0.2) is 0 Å². The molecule has 2 heterocycles. The molecular weight excluding hydrogens is 300 g/mol. The summed E-state index contributed by atoms with van der Waals surface area (Å²) in [5.41, 5.74) is 1.86. The third-order valence-electron chi connectivity index (χ3n) is 3.26. The Bertz CT molecular complexity index is 648. The van der Waals surface area contributed by atoms with Crippen LogP contribution in [0.2, 0.25) is 0 Å². The van der Waals surface area contributed by atoms with E-state index >= 15 is 0 Å². The number of anilines is 1. The third kappa shape index (κ3) is 4.11. The van der Waals surface area contributed by atoms with Crippen molar-refractivity contribution < 1.29 is 4.79 Å². The van der Waals surface area contributed by atoms with Gasteiger partial charge < -0.3 is 4.90 Å². The zero-order chi connectivity index (χ0) is 16.3. The van der Waals surface area contributed by atoms with Gasteiger partial charge in [-0.3, -0.25) is 14.8 Å². The van der Waals surface area contributed by atoms with Crippen molar-refractivity contribution in [1.29, 1.82) is 0 Å². The molecule has 0 saturated carbocycles. The van der Waals surface area contributed by atoms with Gasteiger partial charge in [0.1, 0.15) is 11.0 Å². The number of carbonyl (C=O) groups is 1. The number of hydrogen-bond acceptors (Lipinski definition) is 6. The summed E-state index contributed by atoms with van der Waals surface area (Å²) < 4.78 is 1.72. The van der Waals surface area contributed by atoms with Gasteiger partial charge in [0.2, 0.25) is 5.13 Å². The van der Waals surface area contributed by atoms with Gasteiger partial charge in [-0.15, -0.1) is 10.2 Å². The van der Waals surface area contributed by atoms with Crippen molar-refractivity contribution in [2.45, 2.75) is 33.2 Å². The zero-order valence-corrected chi connectivity index (χ0v) is 14.4. The summed E-state index contributed by atoms with van der Waals surface area (Å²) in [6, 6.07) is 1.57. The lowest BCUT2D eigenvalue weighted by Crippen LogP contribution is -2.25. The van der Waals surface area contributed by atoms with Crippen LogP contribution in [0.4, 0.5) is 5.13 Å². The molecule has 0 radical (unpaired) electrons. The SMILES string of the molecule is Cc1cc(C)n(C(C)C(=O)Nc2nnc(CCN(C)C)s2)n1. The standard InChI is InChI=1S/C14H22N6OS/c1-9-8-10(2)20(18-9)11(3)13(21)15-14-17-16-12(22-14)6-7-19(4)5/h8,11H,6-7H2,1-5H3,(H,15,17,21). The second-order valence-corrected chi connectivity index (χ2v) is 6.65. The molecule has 0 aromatic carbocycles. The molecule has 120 valence electrons. The first-order chi connectivity index (χ1) is 10.4. The molecule has 1 N–H and O–H groups in total. The largest absolute Gasteiger partial charge is 0.309 e. The molecule has 0 bridgehead atoms. The molecule has 1 atom stereocenters. The van der Waals surface area contributed by atoms with Crippen molar-refractivity contribution in [2.75, 3.05) is 26.0 Å². The molecule has 8 heteroatoms. The van der Waals surface area contributed by atoms with Gasteiger partial charge >= 0.3 is 0 Å². The minimum atomic E-state index is -0.386. The number of nitrogens with one attached hydrogen (secondary N) is 1. The molecule has 2 rings (SSSR count). The molecule has 2 aromatic heterocycles. The molecule has 7 nitrogen and oxygen atoms in total. The first-order valence-corrected chi connectivity index (χ1v) is 7.99. The zero-order valence-electron chi connectivity index (χ0n) is 13.6. The molecule has 0 saturated heterocycles. The molecule has 2 aromatic rings. The Morgan fingerprint density at radius 3 is 2.73 bits per heavy atom. The molecule has 22 heavy (non-hydrogen) atoms. The third-order valence-corrected chi connectivity index (χ3v) is 4.16. The molecule has 0 fully saturated rings. The monoisotopic (exact) mass is 322 g/mol. The number of carbonyl (C=O) groups excluding carboxylic acids is 1. The molecule has 0 aliphatic carbocycles. The summed E-state index contributed by atoms with van der Waals surface area (Å²) in [5.74, 6) is -0.137. The van der Waals surface area contributed by atoms with Gasteiger partial charge in [-0.1, -0.05) is 11.3 Å². The van der Waals surface area contributed by atoms with E-state index < -0.39 is 0 Å². The van der Waals surface area contributed by atoms with Crippen LogP contribution in [0.25, 0.3) is 0 Å². The van der Waals surface area contributed by atoms with Crippen molar-refractivity contribution in [3.8, 4) is 0 Å². The predicted molar refractivity (Wildman–Crippen MR) is 87.2 cm³/mol. The maximum absolute atomic E-state index is 12.3. The van der Waals surface area contributed by atoms with Crippen LogP contribution in [-0.2, 0) is 11.2 Å². The van der Waals surface area contributed by atoms with Crippen molar-refractivity contribution in [3.05, 3.63) is 22.5 Å². The summed E-state index contributed by atoms with van der Waals surface area (Å²) in [4.78, 5) is 14.4. The summed E-state index contributed by atoms with van der Waals surface area (Å²) >= 11 is 1.41. The molecule has 1 unspecified atom stereocenters. The lowest BCUT2D eigenvalue weighted by Gasteiger charge is -2.12. The van der Waals surface area contributed by atoms with Gasteiger partial charge in [-0.05, 0) is 40.9 Å². The Labute approximate surface area is 134 Å². The first kappa shape index (κ1) is 16.6. The van der Waals surface area contributed by atoms with Gasteiger partial charge in [0.05, 0.1) is 5.69 Å². The lowest BCUT2D eigenvalue weighted by molar-refractivity contribution is -0.119. The van der Waals surface area contributed by atoms with Crippen molar-refractivity contribution in [1.82, 2.24) is 24.9 Å². The lowest BCUT2D eigenvalue weighted by atomic mass is 10.3. The van der Waals surface area contributed by atoms with Crippen LogP contribution in [0.1, 0.15) is 29.4 Å². The number of aryl methyl sites for hydroxylation is 2. The Morgan fingerprint density at radius 2 is 2.14 bits per heavy atom. The molecule has 0 aliphatic heterocycles. The number of aromatic nitrogens is 4. The fourth-order valence-electron chi connectivity index (χ4n) is 2.08. The van der Waals surface area contributed by atoms with Crippen LogP contribution >= 0.6 is 11.3 Å². The highest BCUT2D eigenvalue weighted by Crippen LogP contribution is 2.18. The first-order valence-electron chi connectivity index (χ1n) is 7.17. The average molecular weight is 322 g/mol. The Morgan fingerprint density at radius 1 is 1.41 bits per heavy atom. The Balaban J connectivity index is 1.98. The topological polar surface area (TPSA) is 75.9 Å². The fourth-order valence-corrected chi connectivity index (χ4v) is 2.81. The minimum Gasteiger partial charge on any atom is -0.309 e. The highest BCUT2D eigenvalue weighted by atomic mass is 32.1. The number of nitrogens with zero attached hydrogens (tertiary/aromatic N) is 5. The Kier molecular flexibility index (Phi) is 5.25. The van der Waals surface area contributed by atoms with Crippen molar-refractivity contribution in [3.63, 3.8) is 0 Å². The number of hydrogen-bond donors (Lipinski definition) is 1. The highest BCUT2D eigenvalue weighted by molar-refractivity contribution is 7.15. The molecule has 0 aliphatic rings. The summed E-state index contributed by atoms with van der Waals surface area (Å²) in [7, 11) is 4.03. The van der Waals surface area contributed by atoms with Crippen LogP contribution in [0, 0.1) is 13.8 Å². The maximum Gasteiger partial charge on any atom is 0.250 e. The van der Waals surface area contributed by atoms with Crippen LogP contribution < -0.4 is 5.32 Å². The van der Waals surface area contributed by atoms with E-state index in [1.165, 1.54) is 11.3 Å². The second-order valence-electron chi connectivity index (χ2n) is 5.59. The van der Waals surface area contributed by atoms with Crippen LogP contribution in [-0.4, -0.2) is 51.4 Å². The van der Waals surface area contributed by atoms with E-state index in [1.807, 2.05) is 40.9 Å². The number of likely N-dealkylation sites (N-methyl/N-ethyl adjacent to an activating group) is 1. The van der Waals surface area contributed by atoms with Crippen molar-refractivity contribution >= 4 is 22.4 Å². The van der Waals surface area contributed by atoms with Gasteiger partial charge in [-0.2, -0.15) is 5.10 Å². The summed E-state index contributed by atoms with van der Waals surface area (Å²) in [5, 5.41) is 16.7. The summed E-state index contributed by atoms with van der Waals surface area (Å²) in [6.45, 7) is 6.58. The van der Waals surface area contributed by atoms with E-state index in [2.05, 4.69) is 25.5 Å². The van der Waals surface area contributed by atoms with Crippen LogP contribution in [0.3, 0.4) is 0 Å². The average Bonchev–Trinajstić information content (AvgIpc) is 3.02. The fraction of sp³-hybridized carbons (Fsp3) is 0.571. The van der Waals surface area contributed by atoms with E-state index in [9.17, 15) is 4.79 Å². The number of amides is 1. The maximum atomic E-state index is 12.3. The van der Waals surface area contributed by atoms with E-state index in [1.54, 1.807) is 4.68 Å². The molecule has 0 spiro atoms. The van der Waals surface area contributed by atoms with Crippen LogP contribution in [0.5, 0.6) is 0 Å². The van der Waals surface area contributed by atoms with E-state index in [0.717, 1.165) is 29.4 Å². The minimum absolute atomic E-state index is 0.137. The second kappa shape index (κ2) is 6.97. The normalized spacial score (nSPS) is 12.6. The Hall–Kier alpha value is -1.80. The van der Waals surface area contributed by atoms with Crippen LogP contribution in [0.15, 0.2) is 6.07 Å². The van der Waals surface area contributed by atoms with E-state index in [-0.39, 0.29) is 11.9 Å². The van der Waals surface area contributed by atoms with Crippen molar-refractivity contribution in [2.24, 2.45) is 0 Å². The molecule has 1 amide bonds. The van der Waals surface area contributed by atoms with Gasteiger partial charge in [0, 0.05) is 18.7 Å². The quantitative estimate of drug-likeness (QED) is 0.875. The smallest absolute Gasteiger partial charge is 0.250 e. The van der Waals surface area contributed by atoms with E-state index in [4.69, 9.17) is 0 Å².